The smallest absolute Gasteiger partial charge is 0.253 e. The van der Waals surface area contributed by atoms with Crippen molar-refractivity contribution in [2.75, 3.05) is 40.5 Å². The number of carbonyl (C=O) groups excluding carboxylic acids is 3. The summed E-state index contributed by atoms with van der Waals surface area (Å²) in [5.74, 6) is -0.257. The van der Waals surface area contributed by atoms with Gasteiger partial charge in [-0.2, -0.15) is 0 Å². The molecule has 0 saturated carbocycles. The molecule has 1 atom stereocenters. The Labute approximate surface area is 204 Å². The van der Waals surface area contributed by atoms with Crippen LogP contribution in [0.3, 0.4) is 0 Å². The van der Waals surface area contributed by atoms with Crippen molar-refractivity contribution in [2.45, 2.75) is 18.9 Å². The van der Waals surface area contributed by atoms with Gasteiger partial charge in [0, 0.05) is 42.9 Å². The molecule has 0 aromatic heterocycles. The van der Waals surface area contributed by atoms with Gasteiger partial charge in [0.25, 0.3) is 11.8 Å². The van der Waals surface area contributed by atoms with E-state index in [1.807, 2.05) is 0 Å². The molecule has 0 spiro atoms. The van der Waals surface area contributed by atoms with Gasteiger partial charge in [-0.25, -0.2) is 0 Å². The summed E-state index contributed by atoms with van der Waals surface area (Å²) in [4.78, 5) is 40.5. The zero-order valence-corrected chi connectivity index (χ0v) is 20.1. The third-order valence-electron chi connectivity index (χ3n) is 5.90. The van der Waals surface area contributed by atoms with Gasteiger partial charge in [-0.3, -0.25) is 14.4 Å². The van der Waals surface area contributed by atoms with E-state index < -0.39 is 6.04 Å². The molecule has 3 amide bonds. The topological polar surface area (TPSA) is 97.0 Å². The summed E-state index contributed by atoms with van der Waals surface area (Å²) in [6.45, 7) is 1.69. The van der Waals surface area contributed by atoms with Crippen LogP contribution in [0.1, 0.15) is 33.6 Å². The highest BCUT2D eigenvalue weighted by molar-refractivity contribution is 6.30. The van der Waals surface area contributed by atoms with Crippen molar-refractivity contribution in [2.24, 2.45) is 5.92 Å². The van der Waals surface area contributed by atoms with Gasteiger partial charge < -0.3 is 25.0 Å². The van der Waals surface area contributed by atoms with Gasteiger partial charge in [0.05, 0.1) is 13.7 Å². The number of nitrogens with one attached hydrogen (secondary N) is 2. The van der Waals surface area contributed by atoms with Crippen LogP contribution >= 0.6 is 11.6 Å². The molecule has 1 unspecified atom stereocenters. The third kappa shape index (κ3) is 6.71. The van der Waals surface area contributed by atoms with Crippen LogP contribution in [0, 0.1) is 5.92 Å². The molecule has 34 heavy (non-hydrogen) atoms. The Morgan fingerprint density at radius 3 is 2.41 bits per heavy atom. The van der Waals surface area contributed by atoms with Crippen molar-refractivity contribution in [3.8, 4) is 5.75 Å². The second kappa shape index (κ2) is 12.4. The first-order valence-corrected chi connectivity index (χ1v) is 11.6. The summed E-state index contributed by atoms with van der Waals surface area (Å²) in [6, 6.07) is 12.8. The number of piperidine rings is 1. The second-order valence-corrected chi connectivity index (χ2v) is 8.54. The molecule has 0 aliphatic carbocycles. The largest absolute Gasteiger partial charge is 0.497 e. The Kier molecular flexibility index (Phi) is 9.30. The maximum atomic E-state index is 13.0. The first-order chi connectivity index (χ1) is 16.4. The van der Waals surface area contributed by atoms with E-state index in [1.54, 1.807) is 60.5 Å². The van der Waals surface area contributed by atoms with Crippen molar-refractivity contribution in [3.05, 3.63) is 64.7 Å². The number of rotatable bonds is 9. The fourth-order valence-corrected chi connectivity index (χ4v) is 4.11. The molecular formula is C25H30ClN3O5. The van der Waals surface area contributed by atoms with Gasteiger partial charge in [0.2, 0.25) is 5.91 Å². The number of amides is 3. The van der Waals surface area contributed by atoms with Crippen LogP contribution < -0.4 is 15.4 Å². The second-order valence-electron chi connectivity index (χ2n) is 8.10. The van der Waals surface area contributed by atoms with Crippen LogP contribution in [-0.4, -0.2) is 69.1 Å². The van der Waals surface area contributed by atoms with E-state index in [1.165, 1.54) is 7.11 Å². The van der Waals surface area contributed by atoms with E-state index in [9.17, 15) is 14.4 Å². The van der Waals surface area contributed by atoms with Crippen molar-refractivity contribution in [1.82, 2.24) is 15.5 Å². The van der Waals surface area contributed by atoms with Gasteiger partial charge >= 0.3 is 0 Å². The molecule has 3 rings (SSSR count). The number of hydrogen-bond donors (Lipinski definition) is 2. The highest BCUT2D eigenvalue weighted by atomic mass is 35.5. The van der Waals surface area contributed by atoms with E-state index in [2.05, 4.69) is 10.6 Å². The SMILES string of the molecule is COCCNC(=O)C(NC(=O)c1cccc(OC)c1)C1CCN(C(=O)c2ccc(Cl)cc2)CC1. The Morgan fingerprint density at radius 2 is 1.76 bits per heavy atom. The van der Waals surface area contributed by atoms with E-state index in [0.29, 0.717) is 61.0 Å². The molecule has 182 valence electrons. The Balaban J connectivity index is 1.68. The minimum atomic E-state index is -0.733. The van der Waals surface area contributed by atoms with Gasteiger partial charge in [-0.1, -0.05) is 17.7 Å². The minimum absolute atomic E-state index is 0.0726. The van der Waals surface area contributed by atoms with Crippen LogP contribution in [0.15, 0.2) is 48.5 Å². The van der Waals surface area contributed by atoms with Crippen LogP contribution in [-0.2, 0) is 9.53 Å². The molecule has 2 aromatic carbocycles. The lowest BCUT2D eigenvalue weighted by atomic mass is 9.88. The zero-order valence-electron chi connectivity index (χ0n) is 19.4. The Hall–Kier alpha value is -3.10. The first kappa shape index (κ1) is 25.5. The lowest BCUT2D eigenvalue weighted by molar-refractivity contribution is -0.124. The summed E-state index contributed by atoms with van der Waals surface area (Å²) < 4.78 is 10.2. The minimum Gasteiger partial charge on any atom is -0.497 e. The van der Waals surface area contributed by atoms with Gasteiger partial charge in [-0.05, 0) is 61.2 Å². The molecule has 2 N–H and O–H groups in total. The molecule has 1 aliphatic rings. The van der Waals surface area contributed by atoms with Crippen molar-refractivity contribution >= 4 is 29.3 Å². The monoisotopic (exact) mass is 487 g/mol. The van der Waals surface area contributed by atoms with Crippen LogP contribution in [0.25, 0.3) is 0 Å². The van der Waals surface area contributed by atoms with Gasteiger partial charge in [-0.15, -0.1) is 0 Å². The summed E-state index contributed by atoms with van der Waals surface area (Å²) in [5.41, 5.74) is 0.979. The van der Waals surface area contributed by atoms with E-state index in [4.69, 9.17) is 21.1 Å². The Morgan fingerprint density at radius 1 is 1.06 bits per heavy atom. The number of benzene rings is 2. The molecule has 1 heterocycles. The zero-order chi connectivity index (χ0) is 24.5. The van der Waals surface area contributed by atoms with Crippen LogP contribution in [0.4, 0.5) is 0 Å². The third-order valence-corrected chi connectivity index (χ3v) is 6.15. The van der Waals surface area contributed by atoms with Crippen LogP contribution in [0.2, 0.25) is 5.02 Å². The number of methoxy groups -OCH3 is 2. The lowest BCUT2D eigenvalue weighted by Gasteiger charge is -2.36. The fraction of sp³-hybridized carbons (Fsp3) is 0.400. The summed E-state index contributed by atoms with van der Waals surface area (Å²) in [6.07, 6.45) is 1.17. The van der Waals surface area contributed by atoms with Crippen molar-refractivity contribution in [3.63, 3.8) is 0 Å². The highest BCUT2D eigenvalue weighted by Crippen LogP contribution is 2.24. The first-order valence-electron chi connectivity index (χ1n) is 11.2. The molecule has 0 radical (unpaired) electrons. The number of hydrogen-bond acceptors (Lipinski definition) is 5. The van der Waals surface area contributed by atoms with Crippen LogP contribution in [0.5, 0.6) is 5.75 Å². The molecule has 1 fully saturated rings. The normalized spacial score (nSPS) is 14.9. The molecule has 0 bridgehead atoms. The molecule has 1 saturated heterocycles. The maximum absolute atomic E-state index is 13.0. The number of carbonyl (C=O) groups is 3. The number of ether oxygens (including phenoxy) is 2. The predicted molar refractivity (Wildman–Crippen MR) is 129 cm³/mol. The number of halogens is 1. The van der Waals surface area contributed by atoms with Gasteiger partial charge in [0.15, 0.2) is 0 Å². The molecule has 2 aromatic rings. The van der Waals surface area contributed by atoms with E-state index in [0.717, 1.165) is 0 Å². The lowest BCUT2D eigenvalue weighted by Crippen LogP contribution is -2.54. The quantitative estimate of drug-likeness (QED) is 0.530. The number of likely N-dealkylation sites (tertiary alicyclic amines) is 1. The van der Waals surface area contributed by atoms with Crippen molar-refractivity contribution < 1.29 is 23.9 Å². The molecular weight excluding hydrogens is 458 g/mol. The standard InChI is InChI=1S/C25H30ClN3O5/c1-33-15-12-27-24(31)22(28-23(30)19-4-3-5-21(16-19)34-2)17-10-13-29(14-11-17)25(32)18-6-8-20(26)9-7-18/h3-9,16-17,22H,10-15H2,1-2H3,(H,27,31)(H,28,30). The summed E-state index contributed by atoms with van der Waals surface area (Å²) in [7, 11) is 3.09. The highest BCUT2D eigenvalue weighted by Gasteiger charge is 2.34. The maximum Gasteiger partial charge on any atom is 0.253 e. The molecule has 8 nitrogen and oxygen atoms in total. The average Bonchev–Trinajstić information content (AvgIpc) is 2.87. The van der Waals surface area contributed by atoms with E-state index >= 15 is 0 Å². The fourth-order valence-electron chi connectivity index (χ4n) is 3.98. The average molecular weight is 488 g/mol. The van der Waals surface area contributed by atoms with E-state index in [-0.39, 0.29) is 23.6 Å². The molecule has 9 heteroatoms. The van der Waals surface area contributed by atoms with Crippen molar-refractivity contribution in [1.29, 1.82) is 0 Å². The Bertz CT molecular complexity index is 990. The summed E-state index contributed by atoms with van der Waals surface area (Å²) >= 11 is 5.92. The predicted octanol–water partition coefficient (Wildman–Crippen LogP) is 2.76. The molecule has 1 aliphatic heterocycles. The van der Waals surface area contributed by atoms with Gasteiger partial charge in [0.1, 0.15) is 11.8 Å². The number of nitrogens with zero attached hydrogens (tertiary/aromatic N) is 1. The summed E-state index contributed by atoms with van der Waals surface area (Å²) in [5, 5.41) is 6.30.